The van der Waals surface area contributed by atoms with Crippen LogP contribution in [0.4, 0.5) is 4.39 Å². The molecule has 5 heteroatoms. The summed E-state index contributed by atoms with van der Waals surface area (Å²) in [6, 6.07) is 4.15. The molecule has 4 nitrogen and oxygen atoms in total. The predicted molar refractivity (Wildman–Crippen MR) is 57.1 cm³/mol. The van der Waals surface area contributed by atoms with Gasteiger partial charge in [-0.3, -0.25) is 19.6 Å². The first kappa shape index (κ1) is 11.1. The van der Waals surface area contributed by atoms with Gasteiger partial charge in [0, 0.05) is 24.2 Å². The Morgan fingerprint density at radius 2 is 1.76 bits per heavy atom. The largest absolute Gasteiger partial charge is 0.285 e. The minimum atomic E-state index is -0.905. The Morgan fingerprint density at radius 3 is 2.41 bits per heavy atom. The van der Waals surface area contributed by atoms with E-state index in [0.29, 0.717) is 0 Å². The van der Waals surface area contributed by atoms with Gasteiger partial charge in [-0.25, -0.2) is 4.39 Å². The van der Waals surface area contributed by atoms with Crippen molar-refractivity contribution >= 4 is 11.6 Å². The first-order valence-electron chi connectivity index (χ1n) is 4.78. The van der Waals surface area contributed by atoms with E-state index in [0.717, 1.165) is 6.20 Å². The van der Waals surface area contributed by atoms with Gasteiger partial charge in [0.05, 0.1) is 11.8 Å². The van der Waals surface area contributed by atoms with Crippen LogP contribution in [0, 0.1) is 5.82 Å². The summed E-state index contributed by atoms with van der Waals surface area (Å²) in [5, 5.41) is 0. The second-order valence-electron chi connectivity index (χ2n) is 3.26. The average Bonchev–Trinajstić information content (AvgIpc) is 2.39. The van der Waals surface area contributed by atoms with E-state index in [1.54, 1.807) is 0 Å². The molecule has 0 amide bonds. The molecule has 2 aromatic rings. The predicted octanol–water partition coefficient (Wildman–Crippen LogP) is 1.68. The van der Waals surface area contributed by atoms with Crippen LogP contribution in [0.2, 0.25) is 0 Å². The second-order valence-corrected chi connectivity index (χ2v) is 3.26. The number of pyridine rings is 2. The summed E-state index contributed by atoms with van der Waals surface area (Å²) in [6.07, 6.45) is 4.89. The lowest BCUT2D eigenvalue weighted by Crippen LogP contribution is -2.16. The highest BCUT2D eigenvalue weighted by molar-refractivity contribution is 6.49. The van der Waals surface area contributed by atoms with Crippen molar-refractivity contribution in [3.05, 3.63) is 59.9 Å². The van der Waals surface area contributed by atoms with Gasteiger partial charge >= 0.3 is 0 Å². The van der Waals surface area contributed by atoms with Crippen molar-refractivity contribution in [3.8, 4) is 0 Å². The van der Waals surface area contributed by atoms with Crippen molar-refractivity contribution in [2.75, 3.05) is 0 Å². The van der Waals surface area contributed by atoms with E-state index in [4.69, 9.17) is 0 Å². The molecule has 0 atom stereocenters. The third kappa shape index (κ3) is 2.23. The van der Waals surface area contributed by atoms with Crippen LogP contribution in [0.3, 0.4) is 0 Å². The molecule has 17 heavy (non-hydrogen) atoms. The summed E-state index contributed by atoms with van der Waals surface area (Å²) in [7, 11) is 0. The Kier molecular flexibility index (Phi) is 3.00. The normalized spacial score (nSPS) is 9.94. The summed E-state index contributed by atoms with van der Waals surface area (Å²) in [4.78, 5) is 30.7. The molecule has 0 saturated carbocycles. The van der Waals surface area contributed by atoms with Crippen molar-refractivity contribution in [1.29, 1.82) is 0 Å². The fraction of sp³-hybridized carbons (Fsp3) is 0. The number of rotatable bonds is 3. The molecule has 0 radical (unpaired) electrons. The van der Waals surface area contributed by atoms with Crippen molar-refractivity contribution in [3.63, 3.8) is 0 Å². The lowest BCUT2D eigenvalue weighted by molar-refractivity contribution is 0.0814. The van der Waals surface area contributed by atoms with Gasteiger partial charge < -0.3 is 0 Å². The molecule has 84 valence electrons. The minimum absolute atomic E-state index is 0.133. The summed E-state index contributed by atoms with van der Waals surface area (Å²) < 4.78 is 13.3. The molecule has 2 rings (SSSR count). The molecule has 0 unspecified atom stereocenters. The molecule has 0 aliphatic carbocycles. The van der Waals surface area contributed by atoms with E-state index in [-0.39, 0.29) is 11.1 Å². The van der Waals surface area contributed by atoms with Gasteiger partial charge in [-0.05, 0) is 18.2 Å². The zero-order chi connectivity index (χ0) is 12.3. The molecule has 2 heterocycles. The third-order valence-corrected chi connectivity index (χ3v) is 2.15. The first-order valence-corrected chi connectivity index (χ1v) is 4.78. The highest BCUT2D eigenvalue weighted by atomic mass is 19.1. The number of hydrogen-bond acceptors (Lipinski definition) is 4. The van der Waals surface area contributed by atoms with Crippen molar-refractivity contribution < 1.29 is 14.0 Å². The Labute approximate surface area is 96.1 Å². The number of nitrogens with zero attached hydrogens (tertiary/aromatic N) is 2. The highest BCUT2D eigenvalue weighted by Gasteiger charge is 2.21. The van der Waals surface area contributed by atoms with E-state index >= 15 is 0 Å². The van der Waals surface area contributed by atoms with Crippen LogP contribution in [-0.4, -0.2) is 21.5 Å². The molecular formula is C12H7FN2O2. The van der Waals surface area contributed by atoms with Gasteiger partial charge in [0.25, 0.3) is 0 Å². The number of hydrogen-bond donors (Lipinski definition) is 0. The fourth-order valence-corrected chi connectivity index (χ4v) is 1.31. The summed E-state index contributed by atoms with van der Waals surface area (Å²) >= 11 is 0. The van der Waals surface area contributed by atoms with Crippen molar-refractivity contribution in [2.45, 2.75) is 0 Å². The van der Waals surface area contributed by atoms with Gasteiger partial charge in [-0.1, -0.05) is 0 Å². The standard InChI is InChI=1S/C12H7FN2O2/c13-10-7-15-5-3-9(10)12(17)11(16)8-2-1-4-14-6-8/h1-7H. The molecule has 0 saturated heterocycles. The monoisotopic (exact) mass is 230 g/mol. The molecule has 0 aliphatic heterocycles. The van der Waals surface area contributed by atoms with Gasteiger partial charge in [0.15, 0.2) is 5.82 Å². The van der Waals surface area contributed by atoms with Crippen LogP contribution < -0.4 is 0 Å². The number of carbonyl (C=O) groups excluding carboxylic acids is 2. The molecule has 0 fully saturated rings. The zero-order valence-electron chi connectivity index (χ0n) is 8.63. The van der Waals surface area contributed by atoms with Gasteiger partial charge in [0.2, 0.25) is 11.6 Å². The summed E-state index contributed by atoms with van der Waals surface area (Å²) in [6.45, 7) is 0. The van der Waals surface area contributed by atoms with Gasteiger partial charge in [0.1, 0.15) is 0 Å². The van der Waals surface area contributed by atoms with Crippen LogP contribution in [0.15, 0.2) is 43.0 Å². The maximum Gasteiger partial charge on any atom is 0.236 e. The average molecular weight is 230 g/mol. The number of carbonyl (C=O) groups is 2. The van der Waals surface area contributed by atoms with E-state index in [1.165, 1.54) is 36.8 Å². The Bertz CT molecular complexity index is 570. The van der Waals surface area contributed by atoms with Gasteiger partial charge in [-0.15, -0.1) is 0 Å². The molecule has 0 N–H and O–H groups in total. The van der Waals surface area contributed by atoms with E-state index in [1.807, 2.05) is 0 Å². The zero-order valence-corrected chi connectivity index (χ0v) is 8.63. The van der Waals surface area contributed by atoms with Crippen LogP contribution >= 0.6 is 0 Å². The molecule has 0 spiro atoms. The SMILES string of the molecule is O=C(C(=O)c1ccncc1F)c1cccnc1. The minimum Gasteiger partial charge on any atom is -0.285 e. The number of halogens is 1. The van der Waals surface area contributed by atoms with E-state index in [2.05, 4.69) is 9.97 Å². The van der Waals surface area contributed by atoms with Crippen molar-refractivity contribution in [2.24, 2.45) is 0 Å². The molecule has 0 aromatic carbocycles. The number of ketones is 2. The summed E-state index contributed by atoms with van der Waals surface area (Å²) in [5.41, 5.74) is -0.150. The van der Waals surface area contributed by atoms with Crippen LogP contribution in [0.1, 0.15) is 20.7 Å². The second kappa shape index (κ2) is 4.61. The molecule has 2 aromatic heterocycles. The number of Topliss-reactive ketones (excluding diaryl/α,β-unsaturated/α-hetero) is 2. The van der Waals surface area contributed by atoms with Gasteiger partial charge in [-0.2, -0.15) is 0 Å². The molecule has 0 aliphatic rings. The highest BCUT2D eigenvalue weighted by Crippen LogP contribution is 2.09. The van der Waals surface area contributed by atoms with Crippen LogP contribution in [-0.2, 0) is 0 Å². The Balaban J connectivity index is 2.34. The van der Waals surface area contributed by atoms with E-state index in [9.17, 15) is 14.0 Å². The summed E-state index contributed by atoms with van der Waals surface area (Å²) in [5.74, 6) is -2.50. The molecular weight excluding hydrogens is 223 g/mol. The first-order chi connectivity index (χ1) is 8.20. The fourth-order valence-electron chi connectivity index (χ4n) is 1.31. The Morgan fingerprint density at radius 1 is 1.00 bits per heavy atom. The smallest absolute Gasteiger partial charge is 0.236 e. The Hall–Kier alpha value is -2.43. The lowest BCUT2D eigenvalue weighted by Gasteiger charge is -2.00. The van der Waals surface area contributed by atoms with Crippen LogP contribution in [0.5, 0.6) is 0 Å². The van der Waals surface area contributed by atoms with Crippen LogP contribution in [0.25, 0.3) is 0 Å². The number of aromatic nitrogens is 2. The van der Waals surface area contributed by atoms with E-state index < -0.39 is 17.4 Å². The lowest BCUT2D eigenvalue weighted by atomic mass is 10.0. The maximum atomic E-state index is 13.3. The maximum absolute atomic E-state index is 13.3. The topological polar surface area (TPSA) is 59.9 Å². The quantitative estimate of drug-likeness (QED) is 0.594. The van der Waals surface area contributed by atoms with Crippen molar-refractivity contribution in [1.82, 2.24) is 9.97 Å². The molecule has 0 bridgehead atoms. The third-order valence-electron chi connectivity index (χ3n) is 2.15.